The lowest BCUT2D eigenvalue weighted by Gasteiger charge is -2.61. The molecule has 0 aromatic heterocycles. The van der Waals surface area contributed by atoms with Crippen LogP contribution in [0.15, 0.2) is 12.2 Å². The standard InChI is InChI=1S/C73H118O39/c1-24-9-14-73(98-20-24)25(2)40-35(112-73)16-32-30-8-7-28-15-29(10-12-71(28,5)31(30)11-13-72(32,40)6)101-69-61(50(88)45(83)39(105-69)23-97-63-52(90)47(85)41(79)26(3)99-63)110-70-62(111-64-51(89)43(81)33(77)21-95-64)59(46(84)37(18-75)103-70)108-65-55(93)57(34(78)22-96-65)106-68-56(94)60(109-67-54(92)49(87)44(82)36(17-74)102-67)58(38(19-76)104-68)107-66-53(91)48(86)42(80)27(4)100-66/h25-70,74-94H,1,7-23H2,2-6H3. The molecule has 4 saturated carbocycles. The molecule has 112 heavy (non-hydrogen) atoms. The summed E-state index contributed by atoms with van der Waals surface area (Å²) in [6.07, 6.45) is -63.9. The lowest BCUT2D eigenvalue weighted by atomic mass is 9.44. The van der Waals surface area contributed by atoms with Crippen molar-refractivity contribution in [3.63, 3.8) is 0 Å². The third-order valence-corrected chi connectivity index (χ3v) is 27.7. The monoisotopic (exact) mass is 1620 g/mol. The highest BCUT2D eigenvalue weighted by Gasteiger charge is 2.70. The Morgan fingerprint density at radius 1 is 0.402 bits per heavy atom. The van der Waals surface area contributed by atoms with E-state index in [0.717, 1.165) is 56.9 Å². The first-order valence-corrected chi connectivity index (χ1v) is 39.6. The Hall–Kier alpha value is -1.82. The minimum Gasteiger partial charge on any atom is -0.394 e. The smallest absolute Gasteiger partial charge is 0.187 e. The fourth-order valence-corrected chi connectivity index (χ4v) is 21.1. The molecule has 21 N–H and O–H groups in total. The van der Waals surface area contributed by atoms with E-state index in [4.69, 9.17) is 85.3 Å². The maximum absolute atomic E-state index is 12.6. The summed E-state index contributed by atoms with van der Waals surface area (Å²) in [5, 5.41) is 235. The van der Waals surface area contributed by atoms with Crippen LogP contribution in [0.3, 0.4) is 0 Å². The predicted octanol–water partition coefficient (Wildman–Crippen LogP) is -8.36. The van der Waals surface area contributed by atoms with E-state index in [2.05, 4.69) is 27.4 Å². The van der Waals surface area contributed by atoms with Crippen molar-refractivity contribution in [1.82, 2.24) is 0 Å². The number of fused-ring (bicyclic) bond motifs is 7. The van der Waals surface area contributed by atoms with Gasteiger partial charge in [0.25, 0.3) is 0 Å². The first-order valence-electron chi connectivity index (χ1n) is 39.6. The van der Waals surface area contributed by atoms with Crippen LogP contribution in [0.1, 0.15) is 98.8 Å². The average molecular weight is 1620 g/mol. The molecule has 39 nitrogen and oxygen atoms in total. The third-order valence-electron chi connectivity index (χ3n) is 27.7. The van der Waals surface area contributed by atoms with Crippen molar-refractivity contribution in [3.05, 3.63) is 12.2 Å². The quantitative estimate of drug-likeness (QED) is 0.0398. The van der Waals surface area contributed by atoms with Gasteiger partial charge in [0.2, 0.25) is 0 Å². The van der Waals surface area contributed by atoms with E-state index in [-0.39, 0.29) is 28.8 Å². The van der Waals surface area contributed by atoms with Crippen LogP contribution >= 0.6 is 0 Å². The van der Waals surface area contributed by atoms with E-state index in [9.17, 15) is 107 Å². The summed E-state index contributed by atoms with van der Waals surface area (Å²) in [7, 11) is 0. The normalized spacial score (nSPS) is 56.8. The van der Waals surface area contributed by atoms with Gasteiger partial charge in [0.05, 0.1) is 70.7 Å². The number of hydrogen-bond acceptors (Lipinski definition) is 39. The molecule has 0 radical (unpaired) electrons. The van der Waals surface area contributed by atoms with E-state index in [1.807, 2.05) is 0 Å². The molecule has 14 rings (SSSR count). The zero-order valence-electron chi connectivity index (χ0n) is 63.0. The Labute approximate surface area is 645 Å². The maximum atomic E-state index is 12.6. The van der Waals surface area contributed by atoms with Gasteiger partial charge in [0.1, 0.15) is 171 Å². The molecule has 0 aromatic carbocycles. The van der Waals surface area contributed by atoms with Crippen molar-refractivity contribution >= 4 is 0 Å². The molecule has 0 amide bonds. The van der Waals surface area contributed by atoms with Gasteiger partial charge in [-0.1, -0.05) is 32.9 Å². The molecule has 10 saturated heterocycles. The van der Waals surface area contributed by atoms with Gasteiger partial charge >= 0.3 is 0 Å². The van der Waals surface area contributed by atoms with Crippen molar-refractivity contribution in [2.45, 2.75) is 350 Å². The van der Waals surface area contributed by atoms with Crippen molar-refractivity contribution < 1.29 is 193 Å². The Morgan fingerprint density at radius 3 is 1.57 bits per heavy atom. The number of aliphatic hydroxyl groups excluding tert-OH is 21. The molecule has 0 bridgehead atoms. The molecule has 10 aliphatic heterocycles. The summed E-state index contributed by atoms with van der Waals surface area (Å²) < 4.78 is 111. The van der Waals surface area contributed by atoms with Crippen molar-refractivity contribution in [2.75, 3.05) is 46.2 Å². The SMILES string of the molecule is C=C1CCC2(OC1)OC1CC3C4CCC5CC(OC6OC(COC7OC(C)C(O)C(O)C7O)C(O)C(O)C6OC6OC(CO)C(O)C(OC7OCC(O)C(OC8OC(CO)C(OC9OC(C)C(O)C(O)C9O)C(OC9OC(CO)C(O)C(O)C9O)C8O)C7O)C6OC6OCC(O)C(O)C6O)CCC5(C)C4CCC3(C)C1C2C. The van der Waals surface area contributed by atoms with E-state index < -0.39 is 285 Å². The fourth-order valence-electron chi connectivity index (χ4n) is 21.1. The van der Waals surface area contributed by atoms with Crippen LogP contribution in [0.4, 0.5) is 0 Å². The fraction of sp³-hybridized carbons (Fsp3) is 0.973. The zero-order valence-corrected chi connectivity index (χ0v) is 63.0. The molecule has 49 unspecified atom stereocenters. The summed E-state index contributed by atoms with van der Waals surface area (Å²) in [6, 6.07) is 0. The first-order chi connectivity index (χ1) is 53.1. The van der Waals surface area contributed by atoms with Gasteiger partial charge in [-0.2, -0.15) is 0 Å². The van der Waals surface area contributed by atoms with Gasteiger partial charge in [-0.25, -0.2) is 0 Å². The number of aliphatic hydroxyl groups is 21. The summed E-state index contributed by atoms with van der Waals surface area (Å²) >= 11 is 0. The minimum absolute atomic E-state index is 0.0447. The second-order valence-electron chi connectivity index (χ2n) is 34.3. The van der Waals surface area contributed by atoms with Crippen molar-refractivity contribution in [3.8, 4) is 0 Å². The summed E-state index contributed by atoms with van der Waals surface area (Å²) in [5.41, 5.74) is 0.993. The Morgan fingerprint density at radius 2 is 0.902 bits per heavy atom. The number of hydrogen-bond donors (Lipinski definition) is 21. The van der Waals surface area contributed by atoms with Crippen LogP contribution in [0, 0.1) is 46.3 Å². The van der Waals surface area contributed by atoms with Crippen LogP contribution in [0.5, 0.6) is 0 Å². The van der Waals surface area contributed by atoms with Crippen molar-refractivity contribution in [2.24, 2.45) is 46.3 Å². The molecule has 14 aliphatic rings. The molecule has 39 heteroatoms. The second-order valence-corrected chi connectivity index (χ2v) is 34.3. The molecule has 10 heterocycles. The Bertz CT molecular complexity index is 3090. The summed E-state index contributed by atoms with van der Waals surface area (Å²) in [4.78, 5) is 0. The molecular weight excluding hydrogens is 1500 g/mol. The van der Waals surface area contributed by atoms with Gasteiger partial charge in [-0.3, -0.25) is 0 Å². The van der Waals surface area contributed by atoms with Gasteiger partial charge in [-0.15, -0.1) is 0 Å². The van der Waals surface area contributed by atoms with Crippen LogP contribution in [-0.2, 0) is 85.3 Å². The predicted molar refractivity (Wildman–Crippen MR) is 364 cm³/mol. The highest BCUT2D eigenvalue weighted by atomic mass is 16.8. The number of rotatable bonds is 20. The van der Waals surface area contributed by atoms with Gasteiger partial charge in [0, 0.05) is 12.3 Å². The highest BCUT2D eigenvalue weighted by Crippen LogP contribution is 2.72. The van der Waals surface area contributed by atoms with Crippen molar-refractivity contribution in [1.29, 1.82) is 0 Å². The molecule has 1 spiro atoms. The molecule has 4 aliphatic carbocycles. The first kappa shape index (κ1) is 86.6. The second kappa shape index (κ2) is 34.6. The lowest BCUT2D eigenvalue weighted by molar-refractivity contribution is -0.411. The molecule has 49 atom stereocenters. The van der Waals surface area contributed by atoms with Gasteiger partial charge in [0.15, 0.2) is 56.1 Å². The van der Waals surface area contributed by atoms with Crippen LogP contribution < -0.4 is 0 Å². The van der Waals surface area contributed by atoms with E-state index >= 15 is 0 Å². The largest absolute Gasteiger partial charge is 0.394 e. The molecular formula is C73H118O39. The summed E-state index contributed by atoms with van der Waals surface area (Å²) in [6.45, 7) is 9.36. The minimum atomic E-state index is -2.29. The Balaban J connectivity index is 0.722. The van der Waals surface area contributed by atoms with E-state index in [1.165, 1.54) is 13.8 Å². The third kappa shape index (κ3) is 15.9. The number of ether oxygens (including phenoxy) is 18. The maximum Gasteiger partial charge on any atom is 0.187 e. The molecule has 14 fully saturated rings. The molecule has 644 valence electrons. The van der Waals surface area contributed by atoms with E-state index in [0.29, 0.717) is 43.1 Å². The van der Waals surface area contributed by atoms with E-state index in [1.54, 1.807) is 0 Å². The Kier molecular flexibility index (Phi) is 26.7. The zero-order chi connectivity index (χ0) is 80.4. The highest BCUT2D eigenvalue weighted by molar-refractivity contribution is 5.17. The molecule has 0 aromatic rings. The lowest BCUT2D eigenvalue weighted by Crippen LogP contribution is -2.69. The van der Waals surface area contributed by atoms with Crippen LogP contribution in [0.2, 0.25) is 0 Å². The average Bonchev–Trinajstić information content (AvgIpc) is 1.52. The summed E-state index contributed by atoms with van der Waals surface area (Å²) in [5.74, 6) is 1.32. The van der Waals surface area contributed by atoms with Crippen LogP contribution in [-0.4, -0.2) is 405 Å². The topological polar surface area (TPSA) is 591 Å². The van der Waals surface area contributed by atoms with Gasteiger partial charge < -0.3 is 193 Å². The van der Waals surface area contributed by atoms with Crippen LogP contribution in [0.25, 0.3) is 0 Å². The van der Waals surface area contributed by atoms with Gasteiger partial charge in [-0.05, 0) is 112 Å².